The number of amides is 1. The molecule has 0 saturated heterocycles. The van der Waals surface area contributed by atoms with Crippen molar-refractivity contribution >= 4 is 47.4 Å². The Hall–Kier alpha value is -1.64. The third-order valence-electron chi connectivity index (χ3n) is 5.39. The van der Waals surface area contributed by atoms with Gasteiger partial charge in [-0.3, -0.25) is 9.69 Å². The molecule has 34 heavy (non-hydrogen) atoms. The largest absolute Gasteiger partial charge is 0.497 e. The van der Waals surface area contributed by atoms with Gasteiger partial charge in [0.1, 0.15) is 16.9 Å². The zero-order valence-electron chi connectivity index (χ0n) is 20.1. The van der Waals surface area contributed by atoms with Gasteiger partial charge in [-0.15, -0.1) is 12.4 Å². The summed E-state index contributed by atoms with van der Waals surface area (Å²) >= 11 is 7.79. The third kappa shape index (κ3) is 7.18. The maximum absolute atomic E-state index is 12.6. The maximum atomic E-state index is 12.6. The van der Waals surface area contributed by atoms with Gasteiger partial charge in [-0.25, -0.2) is 0 Å². The van der Waals surface area contributed by atoms with Crippen LogP contribution in [0.1, 0.15) is 38.1 Å². The third-order valence-corrected chi connectivity index (χ3v) is 6.90. The van der Waals surface area contributed by atoms with Crippen molar-refractivity contribution in [3.8, 4) is 11.5 Å². The van der Waals surface area contributed by atoms with Crippen molar-refractivity contribution in [1.29, 1.82) is 0 Å². The van der Waals surface area contributed by atoms with Crippen molar-refractivity contribution in [3.05, 3.63) is 47.0 Å². The first-order chi connectivity index (χ1) is 15.8. The standard InChI is InChI=1S/C25H33ClN2O4S.ClH/c1-17(2)16-27(11-12-29)10-5-13-32-23-9-7-20(31-4)15-21(23)25-28(18(3)30)22-8-6-19(26)14-24(22)33-25;/h6-9,14-15,17,25,29H,5,10-13,16H2,1-4H3;1H. The van der Waals surface area contributed by atoms with Crippen LogP contribution in [0.5, 0.6) is 11.5 Å². The summed E-state index contributed by atoms with van der Waals surface area (Å²) in [5, 5.41) is 9.69. The van der Waals surface area contributed by atoms with E-state index in [2.05, 4.69) is 18.7 Å². The predicted molar refractivity (Wildman–Crippen MR) is 142 cm³/mol. The minimum atomic E-state index is -0.270. The van der Waals surface area contributed by atoms with Crippen molar-refractivity contribution in [2.75, 3.05) is 44.9 Å². The number of halogens is 2. The SMILES string of the molecule is COc1ccc(OCCCN(CCO)CC(C)C)c(C2Sc3cc(Cl)ccc3N2C(C)=O)c1.Cl. The molecule has 9 heteroatoms. The molecule has 0 spiro atoms. The fraction of sp³-hybridized carbons (Fsp3) is 0.480. The number of hydrogen-bond acceptors (Lipinski definition) is 6. The van der Waals surface area contributed by atoms with Gasteiger partial charge >= 0.3 is 0 Å². The quantitative estimate of drug-likeness (QED) is 0.380. The molecule has 0 aliphatic carbocycles. The van der Waals surface area contributed by atoms with Crippen LogP contribution in [-0.4, -0.2) is 55.9 Å². The highest BCUT2D eigenvalue weighted by molar-refractivity contribution is 8.00. The number of anilines is 1. The number of carbonyl (C=O) groups is 1. The van der Waals surface area contributed by atoms with E-state index in [1.165, 1.54) is 0 Å². The topological polar surface area (TPSA) is 62.2 Å². The van der Waals surface area contributed by atoms with E-state index in [0.717, 1.165) is 41.4 Å². The van der Waals surface area contributed by atoms with E-state index in [1.54, 1.807) is 36.8 Å². The summed E-state index contributed by atoms with van der Waals surface area (Å²) in [6.45, 7) is 9.08. The molecule has 1 unspecified atom stereocenters. The predicted octanol–water partition coefficient (Wildman–Crippen LogP) is 5.65. The fourth-order valence-corrected chi connectivity index (χ4v) is 5.66. The number of benzene rings is 2. The number of ether oxygens (including phenoxy) is 2. The molecule has 6 nitrogen and oxygen atoms in total. The van der Waals surface area contributed by atoms with Gasteiger partial charge in [0.15, 0.2) is 0 Å². The summed E-state index contributed by atoms with van der Waals surface area (Å²) in [5.74, 6) is 1.94. The minimum absolute atomic E-state index is 0. The van der Waals surface area contributed by atoms with Gasteiger partial charge in [0, 0.05) is 42.0 Å². The van der Waals surface area contributed by atoms with Gasteiger partial charge in [0.05, 0.1) is 26.0 Å². The molecule has 1 heterocycles. The van der Waals surface area contributed by atoms with Gasteiger partial charge in [0.25, 0.3) is 0 Å². The van der Waals surface area contributed by atoms with Crippen molar-refractivity contribution in [2.45, 2.75) is 37.5 Å². The smallest absolute Gasteiger partial charge is 0.225 e. The van der Waals surface area contributed by atoms with E-state index in [1.807, 2.05) is 30.3 Å². The van der Waals surface area contributed by atoms with Crippen LogP contribution in [0.15, 0.2) is 41.3 Å². The Bertz CT molecular complexity index is 961. The summed E-state index contributed by atoms with van der Waals surface area (Å²) in [4.78, 5) is 17.6. The fourth-order valence-electron chi connectivity index (χ4n) is 4.02. The molecule has 0 radical (unpaired) electrons. The highest BCUT2D eigenvalue weighted by Gasteiger charge is 2.36. The molecule has 0 bridgehead atoms. The number of rotatable bonds is 11. The lowest BCUT2D eigenvalue weighted by Crippen LogP contribution is -2.32. The van der Waals surface area contributed by atoms with E-state index in [9.17, 15) is 9.90 Å². The first-order valence-corrected chi connectivity index (χ1v) is 12.5. The van der Waals surface area contributed by atoms with Gasteiger partial charge < -0.3 is 19.5 Å². The first-order valence-electron chi connectivity index (χ1n) is 11.2. The van der Waals surface area contributed by atoms with Crippen molar-refractivity contribution in [2.24, 2.45) is 5.92 Å². The highest BCUT2D eigenvalue weighted by atomic mass is 35.5. The number of fused-ring (bicyclic) bond motifs is 1. The van der Waals surface area contributed by atoms with Crippen LogP contribution >= 0.6 is 35.8 Å². The molecule has 3 rings (SSSR count). The average molecular weight is 530 g/mol. The van der Waals surface area contributed by atoms with Gasteiger partial charge in [-0.05, 0) is 48.7 Å². The molecular weight excluding hydrogens is 495 g/mol. The van der Waals surface area contributed by atoms with E-state index in [0.29, 0.717) is 29.8 Å². The summed E-state index contributed by atoms with van der Waals surface area (Å²) in [6, 6.07) is 11.3. The maximum Gasteiger partial charge on any atom is 0.225 e. The van der Waals surface area contributed by atoms with Gasteiger partial charge in [-0.1, -0.05) is 37.2 Å². The van der Waals surface area contributed by atoms with Crippen LogP contribution in [0.25, 0.3) is 0 Å². The van der Waals surface area contributed by atoms with Crippen LogP contribution in [-0.2, 0) is 4.79 Å². The molecule has 188 valence electrons. The Kier molecular flexibility index (Phi) is 11.3. The average Bonchev–Trinajstić information content (AvgIpc) is 3.15. The molecule has 2 aromatic rings. The summed E-state index contributed by atoms with van der Waals surface area (Å²) in [7, 11) is 1.63. The van der Waals surface area contributed by atoms with Crippen molar-refractivity contribution in [3.63, 3.8) is 0 Å². The number of hydrogen-bond donors (Lipinski definition) is 1. The Morgan fingerprint density at radius 1 is 1.24 bits per heavy atom. The van der Waals surface area contributed by atoms with E-state index >= 15 is 0 Å². The molecule has 1 aliphatic heterocycles. The second-order valence-electron chi connectivity index (χ2n) is 8.50. The summed E-state index contributed by atoms with van der Waals surface area (Å²) < 4.78 is 11.7. The van der Waals surface area contributed by atoms with Crippen molar-refractivity contribution < 1.29 is 19.4 Å². The first kappa shape index (κ1) is 28.6. The number of carbonyl (C=O) groups excluding carboxylic acids is 1. The second kappa shape index (κ2) is 13.4. The summed E-state index contributed by atoms with van der Waals surface area (Å²) in [6.07, 6.45) is 0.836. The minimum Gasteiger partial charge on any atom is -0.497 e. The van der Waals surface area contributed by atoms with Gasteiger partial charge in [0.2, 0.25) is 5.91 Å². The Morgan fingerprint density at radius 2 is 2.00 bits per heavy atom. The zero-order chi connectivity index (χ0) is 24.0. The van der Waals surface area contributed by atoms with E-state index in [4.69, 9.17) is 21.1 Å². The number of nitrogens with zero attached hydrogens (tertiary/aromatic N) is 2. The van der Waals surface area contributed by atoms with Crippen LogP contribution < -0.4 is 14.4 Å². The molecule has 1 aliphatic rings. The van der Waals surface area contributed by atoms with E-state index < -0.39 is 0 Å². The monoisotopic (exact) mass is 528 g/mol. The Balaban J connectivity index is 0.00000408. The second-order valence-corrected chi connectivity index (χ2v) is 10.1. The van der Waals surface area contributed by atoms with Crippen molar-refractivity contribution in [1.82, 2.24) is 4.90 Å². The molecule has 0 fully saturated rings. The lowest BCUT2D eigenvalue weighted by molar-refractivity contribution is -0.116. The van der Waals surface area contributed by atoms with Crippen LogP contribution in [0, 0.1) is 5.92 Å². The molecule has 1 atom stereocenters. The lowest BCUT2D eigenvalue weighted by Gasteiger charge is -2.26. The highest BCUT2D eigenvalue weighted by Crippen LogP contribution is 2.54. The molecule has 1 amide bonds. The Morgan fingerprint density at radius 3 is 2.65 bits per heavy atom. The van der Waals surface area contributed by atoms with Crippen LogP contribution in [0.2, 0.25) is 5.02 Å². The number of methoxy groups -OCH3 is 1. The lowest BCUT2D eigenvalue weighted by atomic mass is 10.1. The number of aliphatic hydroxyl groups excluding tert-OH is 1. The number of aliphatic hydroxyl groups is 1. The molecular formula is C25H34Cl2N2O4S. The number of thioether (sulfide) groups is 1. The van der Waals surface area contributed by atoms with Crippen LogP contribution in [0.4, 0.5) is 5.69 Å². The normalized spacial score (nSPS) is 14.8. The molecule has 0 aromatic heterocycles. The van der Waals surface area contributed by atoms with Crippen LogP contribution in [0.3, 0.4) is 0 Å². The van der Waals surface area contributed by atoms with E-state index in [-0.39, 0.29) is 30.3 Å². The molecule has 1 N–H and O–H groups in total. The van der Waals surface area contributed by atoms with Gasteiger partial charge in [-0.2, -0.15) is 0 Å². The zero-order valence-corrected chi connectivity index (χ0v) is 22.5. The molecule has 0 saturated carbocycles. The Labute approximate surface area is 218 Å². The molecule has 2 aromatic carbocycles. The summed E-state index contributed by atoms with van der Waals surface area (Å²) in [5.41, 5.74) is 1.74.